The van der Waals surface area contributed by atoms with E-state index >= 15 is 0 Å². The van der Waals surface area contributed by atoms with Gasteiger partial charge in [0.25, 0.3) is 0 Å². The molecule has 2 heteroatoms. The van der Waals surface area contributed by atoms with Crippen LogP contribution >= 0.6 is 0 Å². The first-order valence-corrected chi connectivity index (χ1v) is 15.4. The normalized spacial score (nSPS) is 16.8. The van der Waals surface area contributed by atoms with Gasteiger partial charge in [0.1, 0.15) is 11.5 Å². The molecule has 41 heavy (non-hydrogen) atoms. The van der Waals surface area contributed by atoms with Crippen LogP contribution in [0.4, 0.5) is 0 Å². The lowest BCUT2D eigenvalue weighted by Crippen LogP contribution is -2.05. The molecule has 2 aliphatic rings. The van der Waals surface area contributed by atoms with Gasteiger partial charge in [-0.15, -0.1) is 0 Å². The lowest BCUT2D eigenvalue weighted by atomic mass is 9.83. The highest BCUT2D eigenvalue weighted by molar-refractivity contribution is 6.18. The van der Waals surface area contributed by atoms with Crippen LogP contribution < -0.4 is 0 Å². The van der Waals surface area contributed by atoms with Crippen molar-refractivity contribution >= 4 is 38.3 Å². The number of aromatic nitrogens is 1. The lowest BCUT2D eigenvalue weighted by Gasteiger charge is -2.21. The average Bonchev–Trinajstić information content (AvgIpc) is 3.48. The minimum atomic E-state index is 0.452. The highest BCUT2D eigenvalue weighted by atomic mass is 16.4. The number of fused-ring (bicyclic) bond motifs is 3. The Morgan fingerprint density at radius 1 is 0.707 bits per heavy atom. The Kier molecular flexibility index (Phi) is 6.92. The summed E-state index contributed by atoms with van der Waals surface area (Å²) in [5.74, 6) is 2.40. The Balaban J connectivity index is 1.34. The van der Waals surface area contributed by atoms with Crippen LogP contribution in [0.5, 0.6) is 0 Å². The summed E-state index contributed by atoms with van der Waals surface area (Å²) >= 11 is 0. The molecule has 4 aromatic carbocycles. The van der Waals surface area contributed by atoms with E-state index < -0.39 is 0 Å². The number of allylic oxidation sites excluding steroid dienone is 6. The molecular weight excluding hydrogens is 498 g/mol. The van der Waals surface area contributed by atoms with Crippen LogP contribution in [0.2, 0.25) is 0 Å². The minimum absolute atomic E-state index is 0.452. The third kappa shape index (κ3) is 4.56. The first-order chi connectivity index (χ1) is 20.3. The molecule has 1 atom stereocenters. The Bertz CT molecular complexity index is 1780. The maximum atomic E-state index is 6.58. The van der Waals surface area contributed by atoms with E-state index in [1.807, 2.05) is 0 Å². The van der Waals surface area contributed by atoms with Crippen molar-refractivity contribution in [2.24, 2.45) is 0 Å². The molecule has 2 aliphatic carbocycles. The zero-order chi connectivity index (χ0) is 27.8. The number of benzene rings is 4. The first kappa shape index (κ1) is 25.8. The molecule has 1 heterocycles. The largest absolute Gasteiger partial charge is 0.441 e. The number of oxazole rings is 1. The summed E-state index contributed by atoms with van der Waals surface area (Å²) in [6.07, 6.45) is 14.5. The van der Waals surface area contributed by atoms with Crippen molar-refractivity contribution in [3.63, 3.8) is 0 Å². The highest BCUT2D eigenvalue weighted by Gasteiger charge is 2.29. The average molecular weight is 536 g/mol. The van der Waals surface area contributed by atoms with Crippen LogP contribution in [-0.2, 0) is 0 Å². The molecule has 0 bridgehead atoms. The molecule has 204 valence electrons. The second-order valence-corrected chi connectivity index (χ2v) is 11.5. The molecule has 0 N–H and O–H groups in total. The zero-order valence-corrected chi connectivity index (χ0v) is 24.1. The van der Waals surface area contributed by atoms with Crippen molar-refractivity contribution < 1.29 is 4.42 Å². The fraction of sp³-hybridized carbons (Fsp3) is 0.256. The monoisotopic (exact) mass is 535 g/mol. The number of rotatable bonds is 7. The summed E-state index contributed by atoms with van der Waals surface area (Å²) in [5, 5.41) is 5.24. The van der Waals surface area contributed by atoms with E-state index in [4.69, 9.17) is 9.40 Å². The van der Waals surface area contributed by atoms with Crippen molar-refractivity contribution in [1.29, 1.82) is 0 Å². The molecule has 2 nitrogen and oxygen atoms in total. The summed E-state index contributed by atoms with van der Waals surface area (Å²) in [5.41, 5.74) is 9.02. The number of nitrogens with zero attached hydrogens (tertiary/aromatic N) is 1. The van der Waals surface area contributed by atoms with Gasteiger partial charge in [-0.05, 0) is 81.5 Å². The molecule has 1 aromatic heterocycles. The first-order valence-electron chi connectivity index (χ1n) is 15.4. The summed E-state index contributed by atoms with van der Waals surface area (Å²) in [7, 11) is 0. The highest BCUT2D eigenvalue weighted by Crippen LogP contribution is 2.45. The summed E-state index contributed by atoms with van der Waals surface area (Å²) < 4.78 is 6.58. The second-order valence-electron chi connectivity index (χ2n) is 11.5. The van der Waals surface area contributed by atoms with Crippen LogP contribution in [0.3, 0.4) is 0 Å². The van der Waals surface area contributed by atoms with Gasteiger partial charge < -0.3 is 4.42 Å². The van der Waals surface area contributed by atoms with Gasteiger partial charge in [-0.2, -0.15) is 0 Å². The molecule has 5 aromatic rings. The van der Waals surface area contributed by atoms with Gasteiger partial charge in [0.05, 0.1) is 0 Å². The van der Waals surface area contributed by atoms with Gasteiger partial charge in [-0.25, -0.2) is 4.98 Å². The predicted molar refractivity (Wildman–Crippen MR) is 174 cm³/mol. The van der Waals surface area contributed by atoms with Crippen molar-refractivity contribution in [2.75, 3.05) is 0 Å². The Morgan fingerprint density at radius 2 is 1.32 bits per heavy atom. The summed E-state index contributed by atoms with van der Waals surface area (Å²) in [4.78, 5) is 5.12. The minimum Gasteiger partial charge on any atom is -0.441 e. The molecule has 0 amide bonds. The van der Waals surface area contributed by atoms with E-state index in [0.717, 1.165) is 62.3 Å². The van der Waals surface area contributed by atoms with Gasteiger partial charge in [0, 0.05) is 11.5 Å². The SMILES string of the molecule is CCCC1=CCC(CCC)c2oc(C3=CC=C(c4c5ccccc5c(-c5ccccc5)c5ccccc45)CC3)nc21. The van der Waals surface area contributed by atoms with E-state index in [2.05, 4.69) is 111 Å². The van der Waals surface area contributed by atoms with Gasteiger partial charge in [0.2, 0.25) is 5.89 Å². The summed E-state index contributed by atoms with van der Waals surface area (Å²) in [6, 6.07) is 28.6. The fourth-order valence-electron chi connectivity index (χ4n) is 6.97. The number of hydrogen-bond donors (Lipinski definition) is 0. The van der Waals surface area contributed by atoms with Crippen molar-refractivity contribution in [3.8, 4) is 11.1 Å². The Labute approximate surface area is 243 Å². The van der Waals surface area contributed by atoms with Crippen LogP contribution in [0.1, 0.15) is 87.6 Å². The smallest absolute Gasteiger partial charge is 0.222 e. The molecule has 7 rings (SSSR count). The van der Waals surface area contributed by atoms with E-state index in [0.29, 0.717) is 5.92 Å². The second kappa shape index (κ2) is 11.0. The predicted octanol–water partition coefficient (Wildman–Crippen LogP) is 11.4. The van der Waals surface area contributed by atoms with E-state index in [-0.39, 0.29) is 0 Å². The Hall–Kier alpha value is -4.17. The van der Waals surface area contributed by atoms with E-state index in [9.17, 15) is 0 Å². The third-order valence-electron chi connectivity index (χ3n) is 8.87. The van der Waals surface area contributed by atoms with Gasteiger partial charge in [-0.1, -0.05) is 124 Å². The molecule has 0 aliphatic heterocycles. The van der Waals surface area contributed by atoms with Gasteiger partial charge >= 0.3 is 0 Å². The van der Waals surface area contributed by atoms with Crippen LogP contribution in [0.25, 0.3) is 49.4 Å². The third-order valence-corrected chi connectivity index (χ3v) is 8.87. The van der Waals surface area contributed by atoms with E-state index in [1.54, 1.807) is 0 Å². The maximum absolute atomic E-state index is 6.58. The zero-order valence-electron chi connectivity index (χ0n) is 24.1. The van der Waals surface area contributed by atoms with Crippen molar-refractivity contribution in [1.82, 2.24) is 4.98 Å². The van der Waals surface area contributed by atoms with Crippen molar-refractivity contribution in [2.45, 2.75) is 64.7 Å². The molecule has 1 unspecified atom stereocenters. The quantitative estimate of drug-likeness (QED) is 0.194. The van der Waals surface area contributed by atoms with Crippen molar-refractivity contribution in [3.05, 3.63) is 120 Å². The molecule has 0 radical (unpaired) electrons. The molecule has 0 saturated carbocycles. The maximum Gasteiger partial charge on any atom is 0.222 e. The van der Waals surface area contributed by atoms with Crippen LogP contribution in [0.15, 0.2) is 102 Å². The molecule has 0 fully saturated rings. The molecule has 0 spiro atoms. The molecular formula is C39H37NO. The lowest BCUT2D eigenvalue weighted by molar-refractivity contribution is 0.430. The van der Waals surface area contributed by atoms with E-state index in [1.165, 1.54) is 55.0 Å². The van der Waals surface area contributed by atoms with Gasteiger partial charge in [-0.3, -0.25) is 0 Å². The summed E-state index contributed by atoms with van der Waals surface area (Å²) in [6.45, 7) is 4.51. The fourth-order valence-corrected chi connectivity index (χ4v) is 6.97. The molecule has 0 saturated heterocycles. The number of hydrogen-bond acceptors (Lipinski definition) is 2. The Morgan fingerprint density at radius 3 is 1.93 bits per heavy atom. The standard InChI is InChI=1S/C39H37NO/c1-3-12-28-22-23-29(13-4-2)38-37(28)40-39(41-38)30-24-20-27(21-25-30)36-33-18-10-8-16-31(33)35(26-14-6-5-7-15-26)32-17-9-11-19-34(32)36/h5-11,14-20,22,24,29H,3-4,12-13,21,23,25H2,1-2H3. The van der Waals surface area contributed by atoms with Crippen LogP contribution in [0, 0.1) is 0 Å². The van der Waals surface area contributed by atoms with Gasteiger partial charge in [0.15, 0.2) is 0 Å². The van der Waals surface area contributed by atoms with Crippen LogP contribution in [-0.4, -0.2) is 4.98 Å². The topological polar surface area (TPSA) is 26.0 Å².